The number of carbonyl (C=O) groups is 4. The molecular formula is C16H23NO7. The van der Waals surface area contributed by atoms with Crippen LogP contribution in [0.5, 0.6) is 0 Å². The molecule has 2 saturated heterocycles. The normalized spacial score (nSPS) is 29.2. The highest BCUT2D eigenvalue weighted by Gasteiger charge is 2.60. The monoisotopic (exact) mass is 341 g/mol. The number of ether oxygens (including phenoxy) is 3. The molecule has 3 fully saturated rings. The summed E-state index contributed by atoms with van der Waals surface area (Å²) < 4.78 is 14.8. The average molecular weight is 341 g/mol. The summed E-state index contributed by atoms with van der Waals surface area (Å²) in [4.78, 5) is 50.4. The summed E-state index contributed by atoms with van der Waals surface area (Å²) in [7, 11) is 2.41. The van der Waals surface area contributed by atoms with Crippen LogP contribution in [0.4, 0.5) is 4.79 Å². The highest BCUT2D eigenvalue weighted by atomic mass is 16.6. The topological polar surface area (TPSA) is 99.2 Å². The standard InChI is InChI=1S/C16H23NO7/c1-16(2,3)24-15(21)17-9-7-6-8(12(17)18)10(13(19)22-4)11(9)14(20)23-5/h8-11H,6-7H2,1-5H3/t8-,9+,10-,11+/m1/s1. The molecule has 24 heavy (non-hydrogen) atoms. The minimum atomic E-state index is -0.939. The lowest BCUT2D eigenvalue weighted by atomic mass is 9.64. The molecule has 0 aromatic rings. The van der Waals surface area contributed by atoms with E-state index in [0.29, 0.717) is 12.8 Å². The number of rotatable bonds is 2. The molecule has 0 N–H and O–H groups in total. The number of methoxy groups -OCH3 is 2. The van der Waals surface area contributed by atoms with Crippen LogP contribution in [-0.2, 0) is 28.6 Å². The predicted octanol–water partition coefficient (Wildman–Crippen LogP) is 1.12. The van der Waals surface area contributed by atoms with Crippen LogP contribution in [0.3, 0.4) is 0 Å². The van der Waals surface area contributed by atoms with Gasteiger partial charge in [-0.3, -0.25) is 14.4 Å². The maximum atomic E-state index is 12.7. The number of carbonyl (C=O) groups excluding carboxylic acids is 4. The molecule has 134 valence electrons. The number of fused-ring (bicyclic) bond motifs is 3. The molecule has 8 heteroatoms. The van der Waals surface area contributed by atoms with Crippen molar-refractivity contribution in [3.8, 4) is 0 Å². The lowest BCUT2D eigenvalue weighted by Crippen LogP contribution is -2.66. The minimum Gasteiger partial charge on any atom is -0.469 e. The van der Waals surface area contributed by atoms with Crippen molar-refractivity contribution in [1.82, 2.24) is 4.90 Å². The average Bonchev–Trinajstić information content (AvgIpc) is 2.51. The molecule has 8 nitrogen and oxygen atoms in total. The summed E-state index contributed by atoms with van der Waals surface area (Å²) >= 11 is 0. The Morgan fingerprint density at radius 2 is 1.54 bits per heavy atom. The lowest BCUT2D eigenvalue weighted by molar-refractivity contribution is -0.180. The highest BCUT2D eigenvalue weighted by molar-refractivity contribution is 6.00. The molecule has 2 amide bonds. The quantitative estimate of drug-likeness (QED) is 0.548. The smallest absolute Gasteiger partial charge is 0.417 e. The van der Waals surface area contributed by atoms with E-state index in [9.17, 15) is 19.2 Å². The van der Waals surface area contributed by atoms with Crippen LogP contribution in [0.1, 0.15) is 33.6 Å². The summed E-state index contributed by atoms with van der Waals surface area (Å²) in [6, 6.07) is -0.770. The van der Waals surface area contributed by atoms with Crippen LogP contribution in [0, 0.1) is 17.8 Å². The molecular weight excluding hydrogens is 318 g/mol. The number of piperidine rings is 2. The SMILES string of the molecule is COC(=O)[C@@H]1[C@H](C(=O)OC)[C@H]2CC[C@@H]1N(C(=O)OC(C)(C)C)C2=O. The number of hydrogen-bond donors (Lipinski definition) is 0. The van der Waals surface area contributed by atoms with Crippen molar-refractivity contribution < 1.29 is 33.4 Å². The van der Waals surface area contributed by atoms with Crippen LogP contribution in [-0.4, -0.2) is 54.7 Å². The molecule has 1 saturated carbocycles. The molecule has 3 rings (SSSR count). The van der Waals surface area contributed by atoms with Crippen molar-refractivity contribution in [1.29, 1.82) is 0 Å². The number of esters is 2. The fraction of sp³-hybridized carbons (Fsp3) is 0.750. The maximum Gasteiger partial charge on any atom is 0.417 e. The van der Waals surface area contributed by atoms with Gasteiger partial charge < -0.3 is 14.2 Å². The van der Waals surface area contributed by atoms with Gasteiger partial charge in [0.1, 0.15) is 5.60 Å². The molecule has 2 aliphatic heterocycles. The molecule has 0 aromatic carbocycles. The van der Waals surface area contributed by atoms with Gasteiger partial charge in [-0.2, -0.15) is 0 Å². The number of imide groups is 1. The summed E-state index contributed by atoms with van der Waals surface area (Å²) in [6.45, 7) is 5.06. The van der Waals surface area contributed by atoms with Gasteiger partial charge in [-0.15, -0.1) is 0 Å². The van der Waals surface area contributed by atoms with Gasteiger partial charge in [0.25, 0.3) is 0 Å². The van der Waals surface area contributed by atoms with Crippen LogP contribution in [0.15, 0.2) is 0 Å². The van der Waals surface area contributed by atoms with Gasteiger partial charge in [-0.25, -0.2) is 9.69 Å². The largest absolute Gasteiger partial charge is 0.469 e. The van der Waals surface area contributed by atoms with E-state index in [2.05, 4.69) is 0 Å². The molecule has 1 aliphatic carbocycles. The number of nitrogens with zero attached hydrogens (tertiary/aromatic N) is 1. The molecule has 0 aromatic heterocycles. The second-order valence-corrected chi connectivity index (χ2v) is 7.04. The Hall–Kier alpha value is -2.12. The highest BCUT2D eigenvalue weighted by Crippen LogP contribution is 2.45. The zero-order chi connectivity index (χ0) is 18.2. The fourth-order valence-corrected chi connectivity index (χ4v) is 3.53. The van der Waals surface area contributed by atoms with Crippen molar-refractivity contribution in [2.75, 3.05) is 14.2 Å². The van der Waals surface area contributed by atoms with E-state index in [1.165, 1.54) is 14.2 Å². The molecule has 0 unspecified atom stereocenters. The predicted molar refractivity (Wildman–Crippen MR) is 80.6 cm³/mol. The molecule has 0 radical (unpaired) electrons. The van der Waals surface area contributed by atoms with E-state index in [4.69, 9.17) is 14.2 Å². The van der Waals surface area contributed by atoms with Crippen molar-refractivity contribution in [2.45, 2.75) is 45.3 Å². The third-order valence-electron chi connectivity index (χ3n) is 4.43. The maximum absolute atomic E-state index is 12.7. The van der Waals surface area contributed by atoms with E-state index in [1.54, 1.807) is 20.8 Å². The number of hydrogen-bond acceptors (Lipinski definition) is 7. The van der Waals surface area contributed by atoms with Crippen molar-refractivity contribution >= 4 is 23.9 Å². The first-order chi connectivity index (χ1) is 11.1. The Labute approximate surface area is 140 Å². The molecule has 3 aliphatic rings. The van der Waals surface area contributed by atoms with Gasteiger partial charge in [-0.1, -0.05) is 0 Å². The first-order valence-corrected chi connectivity index (χ1v) is 7.84. The zero-order valence-corrected chi connectivity index (χ0v) is 14.5. The van der Waals surface area contributed by atoms with Gasteiger partial charge in [0, 0.05) is 0 Å². The fourth-order valence-electron chi connectivity index (χ4n) is 3.53. The summed E-state index contributed by atoms with van der Waals surface area (Å²) in [5, 5.41) is 0. The summed E-state index contributed by atoms with van der Waals surface area (Å²) in [5.41, 5.74) is -0.781. The van der Waals surface area contributed by atoms with Gasteiger partial charge in [0.15, 0.2) is 0 Å². The Morgan fingerprint density at radius 3 is 2.04 bits per heavy atom. The second kappa shape index (κ2) is 6.41. The van der Waals surface area contributed by atoms with Crippen LogP contribution < -0.4 is 0 Å². The zero-order valence-electron chi connectivity index (χ0n) is 14.5. The summed E-state index contributed by atoms with van der Waals surface area (Å²) in [5.74, 6) is -4.45. The Morgan fingerprint density at radius 1 is 1.00 bits per heavy atom. The number of amides is 2. The Kier molecular flexibility index (Phi) is 4.87. The Bertz CT molecular complexity index is 565. The lowest BCUT2D eigenvalue weighted by Gasteiger charge is -2.49. The van der Waals surface area contributed by atoms with Gasteiger partial charge in [-0.05, 0) is 33.6 Å². The van der Waals surface area contributed by atoms with Crippen molar-refractivity contribution in [3.05, 3.63) is 0 Å². The molecule has 2 bridgehead atoms. The van der Waals surface area contributed by atoms with Crippen molar-refractivity contribution in [2.24, 2.45) is 17.8 Å². The third kappa shape index (κ3) is 3.09. The summed E-state index contributed by atoms with van der Waals surface area (Å²) in [6.07, 6.45) is 0.0262. The van der Waals surface area contributed by atoms with E-state index in [1.807, 2.05) is 0 Å². The Balaban J connectivity index is 2.39. The van der Waals surface area contributed by atoms with E-state index < -0.39 is 53.3 Å². The van der Waals surface area contributed by atoms with E-state index in [-0.39, 0.29) is 0 Å². The van der Waals surface area contributed by atoms with E-state index >= 15 is 0 Å². The first-order valence-electron chi connectivity index (χ1n) is 7.84. The van der Waals surface area contributed by atoms with Gasteiger partial charge in [0.05, 0.1) is 38.0 Å². The van der Waals surface area contributed by atoms with E-state index in [0.717, 1.165) is 4.90 Å². The van der Waals surface area contributed by atoms with Gasteiger partial charge >= 0.3 is 18.0 Å². The van der Waals surface area contributed by atoms with Crippen molar-refractivity contribution in [3.63, 3.8) is 0 Å². The first kappa shape index (κ1) is 18.2. The van der Waals surface area contributed by atoms with Crippen LogP contribution in [0.2, 0.25) is 0 Å². The van der Waals surface area contributed by atoms with Gasteiger partial charge in [0.2, 0.25) is 5.91 Å². The molecule has 2 heterocycles. The second-order valence-electron chi connectivity index (χ2n) is 7.04. The minimum absolute atomic E-state index is 0.413. The molecule has 0 spiro atoms. The molecule has 4 atom stereocenters. The van der Waals surface area contributed by atoms with Crippen LogP contribution in [0.25, 0.3) is 0 Å². The van der Waals surface area contributed by atoms with Crippen LogP contribution >= 0.6 is 0 Å². The third-order valence-corrected chi connectivity index (χ3v) is 4.43.